The number of carboxylic acid groups (broad SMARTS) is 1. The molecule has 0 radical (unpaired) electrons. The number of amides is 1. The number of aromatic carboxylic acids is 1. The molecule has 3 aromatic rings. The lowest BCUT2D eigenvalue weighted by molar-refractivity contribution is -0.110. The lowest BCUT2D eigenvalue weighted by Gasteiger charge is -2.03. The molecule has 1 amide bonds. The van der Waals surface area contributed by atoms with Crippen molar-refractivity contribution < 1.29 is 19.1 Å². The summed E-state index contributed by atoms with van der Waals surface area (Å²) in [5.41, 5.74) is 0.588. The van der Waals surface area contributed by atoms with Gasteiger partial charge in [-0.1, -0.05) is 5.92 Å². The molecule has 1 aliphatic heterocycles. The van der Waals surface area contributed by atoms with Gasteiger partial charge in [-0.05, 0) is 41.2 Å². The number of aromatic nitrogens is 3. The highest BCUT2D eigenvalue weighted by Crippen LogP contribution is 2.15. The summed E-state index contributed by atoms with van der Waals surface area (Å²) < 4.78 is 19.5. The molecule has 30 heavy (non-hydrogen) atoms. The fourth-order valence-electron chi connectivity index (χ4n) is 2.68. The summed E-state index contributed by atoms with van der Waals surface area (Å²) in [7, 11) is 0. The van der Waals surface area contributed by atoms with Crippen molar-refractivity contribution >= 4 is 41.0 Å². The Hall–Kier alpha value is -4.61. The second-order valence-electron chi connectivity index (χ2n) is 6.15. The van der Waals surface area contributed by atoms with Gasteiger partial charge in [0.15, 0.2) is 5.65 Å². The van der Waals surface area contributed by atoms with Crippen molar-refractivity contribution in [3.8, 4) is 11.8 Å². The van der Waals surface area contributed by atoms with Crippen LogP contribution in [0.25, 0.3) is 5.65 Å². The van der Waals surface area contributed by atoms with Gasteiger partial charge in [0.05, 0.1) is 12.5 Å². The van der Waals surface area contributed by atoms with E-state index in [1.165, 1.54) is 40.9 Å². The van der Waals surface area contributed by atoms with Crippen LogP contribution in [0, 0.1) is 17.7 Å². The van der Waals surface area contributed by atoms with Crippen molar-refractivity contribution in [3.05, 3.63) is 59.3 Å². The largest absolute Gasteiger partial charge is 0.478 e. The predicted molar refractivity (Wildman–Crippen MR) is 107 cm³/mol. The molecule has 0 saturated carbocycles. The van der Waals surface area contributed by atoms with Crippen LogP contribution in [0.1, 0.15) is 28.7 Å². The normalized spacial score (nSPS) is 12.2. The van der Waals surface area contributed by atoms with E-state index in [0.717, 1.165) is 0 Å². The van der Waals surface area contributed by atoms with Crippen molar-refractivity contribution in [1.29, 1.82) is 0 Å². The number of hydrogen-bond acceptors (Lipinski definition) is 5. The number of carboxylic acids is 1. The van der Waals surface area contributed by atoms with Crippen molar-refractivity contribution in [2.45, 2.75) is 6.92 Å². The lowest BCUT2D eigenvalue weighted by atomic mass is 10.2. The first-order valence-corrected chi connectivity index (χ1v) is 8.58. The highest BCUT2D eigenvalue weighted by Gasteiger charge is 2.23. The fourth-order valence-corrected chi connectivity index (χ4v) is 2.68. The number of aliphatic imine (C=N–C) groups is 1. The van der Waals surface area contributed by atoms with Crippen LogP contribution in [-0.2, 0) is 4.79 Å². The molecule has 0 bridgehead atoms. The van der Waals surface area contributed by atoms with E-state index in [1.807, 2.05) is 0 Å². The van der Waals surface area contributed by atoms with Crippen LogP contribution in [0.3, 0.4) is 0 Å². The standard InChI is InChI=1S/C20H11FN6O3/c1-11-22-10-16(23-11)19(28)24-13-5-6-15(21)12(9-13)4-7-17-25-26-18-14(20(29)30)3-2-8-27(17)18/h2-3,5-6,8-10H,1H3,(H-,24,28,29,30)/p+1. The summed E-state index contributed by atoms with van der Waals surface area (Å²) in [6.07, 6.45) is 2.90. The van der Waals surface area contributed by atoms with Gasteiger partial charge in [-0.25, -0.2) is 13.9 Å². The third-order valence-corrected chi connectivity index (χ3v) is 4.09. The van der Waals surface area contributed by atoms with Crippen LogP contribution in [-0.4, -0.2) is 49.3 Å². The number of nitrogens with one attached hydrogen (secondary N) is 1. The number of rotatable bonds is 3. The SMILES string of the molecule is CC1=[N+]=CC(C(=O)Nc2ccc(F)c(C#Cc3nnc4c(C(=O)O)cccn34)c2)=N1. The first-order chi connectivity index (χ1) is 14.4. The molecule has 4 rings (SSSR count). The number of hydrogen-bond donors (Lipinski definition) is 2. The molecule has 146 valence electrons. The number of nitrogens with zero attached hydrogens (tertiary/aromatic N) is 5. The Morgan fingerprint density at radius 3 is 2.80 bits per heavy atom. The molecule has 1 aliphatic rings. The first-order valence-electron chi connectivity index (χ1n) is 8.58. The Morgan fingerprint density at radius 1 is 1.23 bits per heavy atom. The number of carbonyl (C=O) groups is 2. The number of halogens is 1. The van der Waals surface area contributed by atoms with Gasteiger partial charge in [-0.15, -0.1) is 10.2 Å². The third-order valence-electron chi connectivity index (χ3n) is 4.09. The van der Waals surface area contributed by atoms with E-state index in [1.54, 1.807) is 13.1 Å². The summed E-state index contributed by atoms with van der Waals surface area (Å²) >= 11 is 0. The number of pyridine rings is 1. The van der Waals surface area contributed by atoms with Crippen LogP contribution in [0.5, 0.6) is 0 Å². The van der Waals surface area contributed by atoms with E-state index in [-0.39, 0.29) is 28.3 Å². The molecule has 2 N–H and O–H groups in total. The molecule has 0 unspecified atom stereocenters. The molecule has 0 spiro atoms. The van der Waals surface area contributed by atoms with Crippen LogP contribution < -0.4 is 9.98 Å². The predicted octanol–water partition coefficient (Wildman–Crippen LogP) is 0.916. The first kappa shape index (κ1) is 18.7. The molecule has 0 aliphatic carbocycles. The van der Waals surface area contributed by atoms with E-state index in [2.05, 4.69) is 37.0 Å². The highest BCUT2D eigenvalue weighted by atomic mass is 19.1. The zero-order valence-corrected chi connectivity index (χ0v) is 15.4. The van der Waals surface area contributed by atoms with E-state index in [9.17, 15) is 19.1 Å². The molecular formula is C20H12FN6O3+. The Morgan fingerprint density at radius 2 is 2.07 bits per heavy atom. The lowest BCUT2D eigenvalue weighted by Crippen LogP contribution is -2.23. The number of amidine groups is 1. The van der Waals surface area contributed by atoms with E-state index >= 15 is 0 Å². The molecule has 3 heterocycles. The zero-order chi connectivity index (χ0) is 21.3. The summed E-state index contributed by atoms with van der Waals surface area (Å²) in [6.45, 7) is 1.66. The Balaban J connectivity index is 1.62. The summed E-state index contributed by atoms with van der Waals surface area (Å²) in [5, 5.41) is 19.5. The van der Waals surface area contributed by atoms with Crippen LogP contribution in [0.2, 0.25) is 0 Å². The van der Waals surface area contributed by atoms with Crippen molar-refractivity contribution in [3.63, 3.8) is 0 Å². The van der Waals surface area contributed by atoms with Crippen LogP contribution >= 0.6 is 0 Å². The van der Waals surface area contributed by atoms with E-state index < -0.39 is 17.7 Å². The maximum Gasteiger partial charge on any atom is 0.387 e. The minimum atomic E-state index is -1.15. The van der Waals surface area contributed by atoms with Gasteiger partial charge < -0.3 is 10.4 Å². The van der Waals surface area contributed by atoms with Crippen LogP contribution in [0.4, 0.5) is 10.1 Å². The molecule has 10 heteroatoms. The fraction of sp³-hybridized carbons (Fsp3) is 0.0500. The highest BCUT2D eigenvalue weighted by molar-refractivity contribution is 6.64. The smallest absolute Gasteiger partial charge is 0.387 e. The van der Waals surface area contributed by atoms with Crippen molar-refractivity contribution in [2.75, 3.05) is 5.32 Å². The molecule has 9 nitrogen and oxygen atoms in total. The van der Waals surface area contributed by atoms with E-state index in [0.29, 0.717) is 11.5 Å². The Kier molecular flexibility index (Phi) is 4.64. The Labute approximate surface area is 168 Å². The monoisotopic (exact) mass is 403 g/mol. The Bertz CT molecular complexity index is 1390. The average Bonchev–Trinajstić information content (AvgIpc) is 3.34. The summed E-state index contributed by atoms with van der Waals surface area (Å²) in [6, 6.07) is 6.86. The van der Waals surface area contributed by atoms with Crippen molar-refractivity contribution in [2.24, 2.45) is 4.99 Å². The minimum absolute atomic E-state index is 0.0173. The molecule has 2 aromatic heterocycles. The number of benzene rings is 1. The van der Waals surface area contributed by atoms with Crippen LogP contribution in [0.15, 0.2) is 41.5 Å². The van der Waals surface area contributed by atoms with Gasteiger partial charge in [0.2, 0.25) is 12.0 Å². The summed E-state index contributed by atoms with van der Waals surface area (Å²) in [4.78, 5) is 27.4. The molecular weight excluding hydrogens is 391 g/mol. The maximum atomic E-state index is 14.2. The zero-order valence-electron chi connectivity index (χ0n) is 15.4. The average molecular weight is 403 g/mol. The maximum absolute atomic E-state index is 14.2. The van der Waals surface area contributed by atoms with E-state index in [4.69, 9.17) is 0 Å². The summed E-state index contributed by atoms with van der Waals surface area (Å²) in [5.74, 6) is 3.71. The van der Waals surface area contributed by atoms with Gasteiger partial charge in [0.1, 0.15) is 11.4 Å². The minimum Gasteiger partial charge on any atom is -0.478 e. The number of carbonyl (C=O) groups excluding carboxylic acids is 1. The topological polar surface area (TPSA) is 123 Å². The van der Waals surface area contributed by atoms with Gasteiger partial charge in [0, 0.05) is 11.9 Å². The van der Waals surface area contributed by atoms with Gasteiger partial charge in [-0.3, -0.25) is 9.20 Å². The molecule has 0 fully saturated rings. The second-order valence-corrected chi connectivity index (χ2v) is 6.15. The van der Waals surface area contributed by atoms with Gasteiger partial charge >= 0.3 is 17.7 Å². The van der Waals surface area contributed by atoms with Gasteiger partial charge in [0.25, 0.3) is 5.71 Å². The molecule has 1 aromatic carbocycles. The second kappa shape index (κ2) is 7.43. The molecule has 0 atom stereocenters. The van der Waals surface area contributed by atoms with Crippen molar-refractivity contribution in [1.82, 2.24) is 19.3 Å². The third kappa shape index (κ3) is 3.56. The van der Waals surface area contributed by atoms with Gasteiger partial charge in [-0.2, -0.15) is 0 Å². The quantitative estimate of drug-likeness (QED) is 0.497. The molecule has 0 saturated heterocycles. The number of fused-ring (bicyclic) bond motifs is 1. The number of anilines is 1.